The predicted octanol–water partition coefficient (Wildman–Crippen LogP) is 2.18. The van der Waals surface area contributed by atoms with Gasteiger partial charge in [0.2, 0.25) is 5.91 Å². The van der Waals surface area contributed by atoms with E-state index >= 15 is 0 Å². The van der Waals surface area contributed by atoms with Crippen LogP contribution in [0.5, 0.6) is 0 Å². The van der Waals surface area contributed by atoms with E-state index in [0.29, 0.717) is 19.3 Å². The Balaban J connectivity index is 0.00000243. The highest BCUT2D eigenvalue weighted by Gasteiger charge is 2.40. The minimum absolute atomic E-state index is 0. The van der Waals surface area contributed by atoms with Crippen molar-refractivity contribution in [2.45, 2.75) is 44.2 Å². The lowest BCUT2D eigenvalue weighted by Crippen LogP contribution is -2.54. The summed E-state index contributed by atoms with van der Waals surface area (Å²) in [5, 5.41) is 6.34. The van der Waals surface area contributed by atoms with Crippen molar-refractivity contribution in [1.29, 1.82) is 0 Å². The van der Waals surface area contributed by atoms with E-state index in [1.807, 2.05) is 36.1 Å². The molecule has 1 unspecified atom stereocenters. The molecular weight excluding hydrogens is 354 g/mol. The van der Waals surface area contributed by atoms with Crippen molar-refractivity contribution in [3.05, 3.63) is 29.8 Å². The third-order valence-corrected chi connectivity index (χ3v) is 5.34. The second-order valence-corrected chi connectivity index (χ2v) is 6.88. The Hall–Kier alpha value is -1.63. The van der Waals surface area contributed by atoms with Crippen LogP contribution in [0, 0.1) is 0 Å². The monoisotopic (exact) mass is 381 g/mol. The van der Waals surface area contributed by atoms with Gasteiger partial charge in [-0.25, -0.2) is 0 Å². The van der Waals surface area contributed by atoms with E-state index in [-0.39, 0.29) is 30.3 Å². The maximum Gasteiger partial charge on any atom is 0.252 e. The van der Waals surface area contributed by atoms with Crippen molar-refractivity contribution >= 4 is 29.9 Å². The zero-order chi connectivity index (χ0) is 17.9. The topological polar surface area (TPSA) is 70.7 Å². The maximum atomic E-state index is 12.7. The zero-order valence-electron chi connectivity index (χ0n) is 15.4. The molecule has 2 saturated heterocycles. The average Bonchev–Trinajstić information content (AvgIpc) is 3.08. The average molecular weight is 382 g/mol. The molecule has 144 valence electrons. The molecular formula is C19H28ClN3O3. The number of methoxy groups -OCH3 is 1. The van der Waals surface area contributed by atoms with Crippen LogP contribution in [0.3, 0.4) is 0 Å². The molecule has 2 N–H and O–H groups in total. The van der Waals surface area contributed by atoms with Crippen molar-refractivity contribution in [2.75, 3.05) is 31.6 Å². The number of rotatable bonds is 5. The summed E-state index contributed by atoms with van der Waals surface area (Å²) in [5.41, 5.74) is 1.21. The number of hydrogen-bond acceptors (Lipinski definition) is 4. The highest BCUT2D eigenvalue weighted by Crippen LogP contribution is 2.26. The Morgan fingerprint density at radius 3 is 2.46 bits per heavy atom. The molecule has 2 aliphatic rings. The summed E-state index contributed by atoms with van der Waals surface area (Å²) in [6.07, 6.45) is 2.90. The Bertz CT molecular complexity index is 629. The molecule has 0 bridgehead atoms. The molecule has 0 radical (unpaired) electrons. The molecule has 26 heavy (non-hydrogen) atoms. The number of hydrogen-bond donors (Lipinski definition) is 2. The number of amides is 2. The van der Waals surface area contributed by atoms with Gasteiger partial charge in [-0.3, -0.25) is 9.59 Å². The standard InChI is InChI=1S/C19H27N3O3.ClH/c1-14(21-18(24)19(25-2)9-11-20-12-10-19)15-5-7-16(8-6-15)22-13-3-4-17(22)23;/h5-8,14,20H,3-4,9-13H2,1-2H3,(H,21,24);1H. The van der Waals surface area contributed by atoms with Gasteiger partial charge in [-0.2, -0.15) is 0 Å². The zero-order valence-corrected chi connectivity index (χ0v) is 16.2. The Morgan fingerprint density at radius 1 is 1.27 bits per heavy atom. The van der Waals surface area contributed by atoms with Crippen molar-refractivity contribution in [3.63, 3.8) is 0 Å². The third-order valence-electron chi connectivity index (χ3n) is 5.34. The van der Waals surface area contributed by atoms with Gasteiger partial charge in [-0.15, -0.1) is 12.4 Å². The molecule has 0 aliphatic carbocycles. The van der Waals surface area contributed by atoms with Gasteiger partial charge in [-0.1, -0.05) is 12.1 Å². The van der Waals surface area contributed by atoms with Gasteiger partial charge in [0.05, 0.1) is 6.04 Å². The first-order valence-electron chi connectivity index (χ1n) is 9.03. The van der Waals surface area contributed by atoms with Gasteiger partial charge >= 0.3 is 0 Å². The van der Waals surface area contributed by atoms with E-state index in [0.717, 1.165) is 37.3 Å². The molecule has 2 fully saturated rings. The fraction of sp³-hybridized carbons (Fsp3) is 0.579. The summed E-state index contributed by atoms with van der Waals surface area (Å²) in [5.74, 6) is 0.129. The van der Waals surface area contributed by atoms with Crippen LogP contribution in [-0.2, 0) is 14.3 Å². The van der Waals surface area contributed by atoms with Gasteiger partial charge in [0.1, 0.15) is 5.60 Å². The summed E-state index contributed by atoms with van der Waals surface area (Å²) < 4.78 is 5.58. The van der Waals surface area contributed by atoms with Gasteiger partial charge in [0.15, 0.2) is 0 Å². The SMILES string of the molecule is COC1(C(=O)NC(C)c2ccc(N3CCCC3=O)cc2)CCNCC1.Cl. The summed E-state index contributed by atoms with van der Waals surface area (Å²) in [6.45, 7) is 4.33. The number of nitrogens with one attached hydrogen (secondary N) is 2. The highest BCUT2D eigenvalue weighted by atomic mass is 35.5. The van der Waals surface area contributed by atoms with Gasteiger partial charge < -0.3 is 20.3 Å². The quantitative estimate of drug-likeness (QED) is 0.820. The van der Waals surface area contributed by atoms with Crippen LogP contribution in [0.15, 0.2) is 24.3 Å². The fourth-order valence-electron chi connectivity index (χ4n) is 3.63. The van der Waals surface area contributed by atoms with Crippen LogP contribution in [0.1, 0.15) is 44.2 Å². The fourth-order valence-corrected chi connectivity index (χ4v) is 3.63. The van der Waals surface area contributed by atoms with Crippen molar-refractivity contribution < 1.29 is 14.3 Å². The van der Waals surface area contributed by atoms with Gasteiger partial charge in [0.25, 0.3) is 5.91 Å². The van der Waals surface area contributed by atoms with Crippen LogP contribution in [-0.4, -0.2) is 44.2 Å². The van der Waals surface area contributed by atoms with Gasteiger partial charge in [0, 0.05) is 25.8 Å². The normalized spacial score (nSPS) is 20.4. The Morgan fingerprint density at radius 2 is 1.92 bits per heavy atom. The number of ether oxygens (including phenoxy) is 1. The summed E-state index contributed by atoms with van der Waals surface area (Å²) in [6, 6.07) is 7.76. The Labute approximate surface area is 161 Å². The van der Waals surface area contributed by atoms with Crippen LogP contribution >= 0.6 is 12.4 Å². The lowest BCUT2D eigenvalue weighted by molar-refractivity contribution is -0.147. The number of anilines is 1. The van der Waals surface area contributed by atoms with Crippen molar-refractivity contribution in [1.82, 2.24) is 10.6 Å². The number of halogens is 1. The molecule has 0 spiro atoms. The van der Waals surface area contributed by atoms with Crippen LogP contribution < -0.4 is 15.5 Å². The first-order valence-corrected chi connectivity index (χ1v) is 9.03. The lowest BCUT2D eigenvalue weighted by Gasteiger charge is -2.35. The summed E-state index contributed by atoms with van der Waals surface area (Å²) in [4.78, 5) is 26.4. The number of carbonyl (C=O) groups excluding carboxylic acids is 2. The summed E-state index contributed by atoms with van der Waals surface area (Å²) in [7, 11) is 1.61. The molecule has 1 aromatic rings. The molecule has 0 aromatic heterocycles. The maximum absolute atomic E-state index is 12.7. The van der Waals surface area contributed by atoms with E-state index < -0.39 is 5.60 Å². The number of benzene rings is 1. The molecule has 6 nitrogen and oxygen atoms in total. The van der Waals surface area contributed by atoms with Crippen LogP contribution in [0.25, 0.3) is 0 Å². The number of piperidine rings is 1. The molecule has 2 aliphatic heterocycles. The van der Waals surface area contributed by atoms with E-state index in [1.54, 1.807) is 7.11 Å². The molecule has 3 rings (SSSR count). The molecule has 1 aromatic carbocycles. The smallest absolute Gasteiger partial charge is 0.252 e. The Kier molecular flexibility index (Phi) is 7.03. The lowest BCUT2D eigenvalue weighted by atomic mass is 9.90. The van der Waals surface area contributed by atoms with Gasteiger partial charge in [-0.05, 0) is 57.0 Å². The molecule has 1 atom stereocenters. The van der Waals surface area contributed by atoms with E-state index in [1.165, 1.54) is 0 Å². The molecule has 0 saturated carbocycles. The first kappa shape index (κ1) is 20.7. The molecule has 2 heterocycles. The highest BCUT2D eigenvalue weighted by molar-refractivity contribution is 5.95. The minimum Gasteiger partial charge on any atom is -0.368 e. The third kappa shape index (κ3) is 4.19. The minimum atomic E-state index is -0.735. The molecule has 7 heteroatoms. The van der Waals surface area contributed by atoms with Crippen LogP contribution in [0.4, 0.5) is 5.69 Å². The first-order chi connectivity index (χ1) is 12.1. The molecule has 2 amide bonds. The predicted molar refractivity (Wildman–Crippen MR) is 104 cm³/mol. The van der Waals surface area contributed by atoms with Crippen molar-refractivity contribution in [2.24, 2.45) is 0 Å². The summed E-state index contributed by atoms with van der Waals surface area (Å²) >= 11 is 0. The second-order valence-electron chi connectivity index (χ2n) is 6.88. The largest absolute Gasteiger partial charge is 0.368 e. The number of carbonyl (C=O) groups is 2. The van der Waals surface area contributed by atoms with E-state index in [2.05, 4.69) is 10.6 Å². The van der Waals surface area contributed by atoms with Crippen molar-refractivity contribution in [3.8, 4) is 0 Å². The number of nitrogens with zero attached hydrogens (tertiary/aromatic N) is 1. The van der Waals surface area contributed by atoms with E-state index in [4.69, 9.17) is 4.74 Å². The van der Waals surface area contributed by atoms with E-state index in [9.17, 15) is 9.59 Å². The second kappa shape index (κ2) is 8.84. The van der Waals surface area contributed by atoms with Crippen LogP contribution in [0.2, 0.25) is 0 Å².